The van der Waals surface area contributed by atoms with E-state index in [0.717, 1.165) is 12.0 Å². The topological polar surface area (TPSA) is 55.6 Å². The van der Waals surface area contributed by atoms with Crippen LogP contribution in [0, 0.1) is 5.92 Å². The van der Waals surface area contributed by atoms with Gasteiger partial charge in [-0.05, 0) is 11.5 Å². The molecule has 4 heteroatoms. The summed E-state index contributed by atoms with van der Waals surface area (Å²) in [5.41, 5.74) is 7.17. The highest BCUT2D eigenvalue weighted by molar-refractivity contribution is 5.82. The lowest BCUT2D eigenvalue weighted by Crippen LogP contribution is -2.51. The Balaban J connectivity index is 2.02. The average molecular weight is 276 g/mol. The van der Waals surface area contributed by atoms with E-state index in [2.05, 4.69) is 6.92 Å². The van der Waals surface area contributed by atoms with Gasteiger partial charge in [-0.15, -0.1) is 0 Å². The van der Waals surface area contributed by atoms with Gasteiger partial charge in [0.15, 0.2) is 0 Å². The SMILES string of the molecule is CCC(C)[C@H](N)C(=O)N1CCOC(c2ccccc2)C1. The molecule has 0 radical (unpaired) electrons. The van der Waals surface area contributed by atoms with Crippen LogP contribution >= 0.6 is 0 Å². The van der Waals surface area contributed by atoms with Gasteiger partial charge in [0.25, 0.3) is 0 Å². The highest BCUT2D eigenvalue weighted by Gasteiger charge is 2.30. The number of rotatable bonds is 4. The number of carbonyl (C=O) groups is 1. The summed E-state index contributed by atoms with van der Waals surface area (Å²) in [6.45, 7) is 5.87. The van der Waals surface area contributed by atoms with Crippen LogP contribution in [-0.2, 0) is 9.53 Å². The zero-order valence-electron chi connectivity index (χ0n) is 12.3. The molecule has 1 fully saturated rings. The summed E-state index contributed by atoms with van der Waals surface area (Å²) in [7, 11) is 0. The van der Waals surface area contributed by atoms with E-state index in [1.54, 1.807) is 0 Å². The van der Waals surface area contributed by atoms with Crippen molar-refractivity contribution < 1.29 is 9.53 Å². The monoisotopic (exact) mass is 276 g/mol. The van der Waals surface area contributed by atoms with E-state index in [1.165, 1.54) is 0 Å². The summed E-state index contributed by atoms with van der Waals surface area (Å²) >= 11 is 0. The van der Waals surface area contributed by atoms with Crippen LogP contribution in [0.3, 0.4) is 0 Å². The Hall–Kier alpha value is -1.39. The molecule has 0 aromatic heterocycles. The molecule has 1 aromatic rings. The van der Waals surface area contributed by atoms with E-state index < -0.39 is 6.04 Å². The minimum atomic E-state index is -0.408. The molecular formula is C16H24N2O2. The van der Waals surface area contributed by atoms with Crippen molar-refractivity contribution in [3.63, 3.8) is 0 Å². The van der Waals surface area contributed by atoms with Gasteiger partial charge in [-0.25, -0.2) is 0 Å². The normalized spacial score (nSPS) is 22.4. The number of morpholine rings is 1. The zero-order chi connectivity index (χ0) is 14.5. The molecule has 0 spiro atoms. The van der Waals surface area contributed by atoms with Crippen molar-refractivity contribution in [1.82, 2.24) is 4.90 Å². The fourth-order valence-corrected chi connectivity index (χ4v) is 2.43. The molecule has 1 aromatic carbocycles. The van der Waals surface area contributed by atoms with E-state index in [4.69, 9.17) is 10.5 Å². The van der Waals surface area contributed by atoms with Crippen molar-refractivity contribution in [1.29, 1.82) is 0 Å². The minimum absolute atomic E-state index is 0.0435. The molecule has 0 aliphatic carbocycles. The van der Waals surface area contributed by atoms with Crippen LogP contribution in [-0.4, -0.2) is 36.5 Å². The van der Waals surface area contributed by atoms with E-state index in [9.17, 15) is 4.79 Å². The third kappa shape index (κ3) is 3.38. The Bertz CT molecular complexity index is 435. The van der Waals surface area contributed by atoms with Crippen LogP contribution in [0.1, 0.15) is 31.9 Å². The number of nitrogens with two attached hydrogens (primary N) is 1. The highest BCUT2D eigenvalue weighted by atomic mass is 16.5. The minimum Gasteiger partial charge on any atom is -0.370 e. The maximum absolute atomic E-state index is 12.4. The number of hydrogen-bond donors (Lipinski definition) is 1. The second kappa shape index (κ2) is 6.86. The summed E-state index contributed by atoms with van der Waals surface area (Å²) in [5.74, 6) is 0.254. The largest absolute Gasteiger partial charge is 0.370 e. The molecule has 1 aliphatic rings. The first-order valence-corrected chi connectivity index (χ1v) is 7.34. The summed E-state index contributed by atoms with van der Waals surface area (Å²) in [6, 6.07) is 9.62. The number of hydrogen-bond acceptors (Lipinski definition) is 3. The molecule has 20 heavy (non-hydrogen) atoms. The molecule has 0 bridgehead atoms. The summed E-state index contributed by atoms with van der Waals surface area (Å²) in [6.07, 6.45) is 0.873. The first kappa shape index (κ1) is 15.0. The number of benzene rings is 1. The highest BCUT2D eigenvalue weighted by Crippen LogP contribution is 2.22. The number of nitrogens with zero attached hydrogens (tertiary/aromatic N) is 1. The standard InChI is InChI=1S/C16H24N2O2/c1-3-12(2)15(17)16(19)18-9-10-20-14(11-18)13-7-5-4-6-8-13/h4-8,12,14-15H,3,9-11,17H2,1-2H3/t12?,14?,15-/m0/s1. The molecule has 1 aliphatic heterocycles. The molecule has 2 N–H and O–H groups in total. The second-order valence-electron chi connectivity index (χ2n) is 5.47. The lowest BCUT2D eigenvalue weighted by atomic mass is 9.98. The number of ether oxygens (including phenoxy) is 1. The van der Waals surface area contributed by atoms with Gasteiger partial charge in [-0.3, -0.25) is 4.79 Å². The second-order valence-corrected chi connectivity index (χ2v) is 5.47. The predicted molar refractivity (Wildman–Crippen MR) is 79.1 cm³/mol. The zero-order valence-corrected chi connectivity index (χ0v) is 12.3. The maximum Gasteiger partial charge on any atom is 0.239 e. The van der Waals surface area contributed by atoms with Gasteiger partial charge >= 0.3 is 0 Å². The first-order chi connectivity index (χ1) is 9.63. The van der Waals surface area contributed by atoms with Gasteiger partial charge in [0, 0.05) is 6.54 Å². The molecule has 1 amide bonds. The van der Waals surface area contributed by atoms with Crippen molar-refractivity contribution in [2.45, 2.75) is 32.4 Å². The summed E-state index contributed by atoms with van der Waals surface area (Å²) in [4.78, 5) is 14.3. The van der Waals surface area contributed by atoms with Crippen LogP contribution in [0.4, 0.5) is 0 Å². The lowest BCUT2D eigenvalue weighted by Gasteiger charge is -2.35. The number of amides is 1. The van der Waals surface area contributed by atoms with Crippen LogP contribution in [0.25, 0.3) is 0 Å². The third-order valence-electron chi connectivity index (χ3n) is 4.09. The van der Waals surface area contributed by atoms with Crippen LogP contribution in [0.15, 0.2) is 30.3 Å². The van der Waals surface area contributed by atoms with E-state index in [1.807, 2.05) is 42.2 Å². The lowest BCUT2D eigenvalue weighted by molar-refractivity contribution is -0.141. The molecule has 110 valence electrons. The van der Waals surface area contributed by atoms with Crippen LogP contribution < -0.4 is 5.73 Å². The molecule has 0 saturated carbocycles. The molecular weight excluding hydrogens is 252 g/mol. The molecule has 1 saturated heterocycles. The van der Waals surface area contributed by atoms with E-state index in [0.29, 0.717) is 19.7 Å². The Kier molecular flexibility index (Phi) is 5.15. The Morgan fingerprint density at radius 3 is 2.80 bits per heavy atom. The van der Waals surface area contributed by atoms with Crippen LogP contribution in [0.5, 0.6) is 0 Å². The molecule has 4 nitrogen and oxygen atoms in total. The molecule has 2 unspecified atom stereocenters. The third-order valence-corrected chi connectivity index (χ3v) is 4.09. The van der Waals surface area contributed by atoms with Gasteiger partial charge in [-0.2, -0.15) is 0 Å². The van der Waals surface area contributed by atoms with Crippen molar-refractivity contribution in [3.05, 3.63) is 35.9 Å². The van der Waals surface area contributed by atoms with Crippen molar-refractivity contribution in [2.75, 3.05) is 19.7 Å². The van der Waals surface area contributed by atoms with E-state index in [-0.39, 0.29) is 17.9 Å². The molecule has 3 atom stereocenters. The fraction of sp³-hybridized carbons (Fsp3) is 0.562. The van der Waals surface area contributed by atoms with Crippen molar-refractivity contribution >= 4 is 5.91 Å². The Morgan fingerprint density at radius 2 is 2.15 bits per heavy atom. The van der Waals surface area contributed by atoms with Crippen molar-refractivity contribution in [3.8, 4) is 0 Å². The van der Waals surface area contributed by atoms with Gasteiger partial charge < -0.3 is 15.4 Å². The average Bonchev–Trinajstić information content (AvgIpc) is 2.53. The quantitative estimate of drug-likeness (QED) is 0.914. The number of carbonyl (C=O) groups excluding carboxylic acids is 1. The summed E-state index contributed by atoms with van der Waals surface area (Å²) < 4.78 is 5.78. The Labute approximate surface area is 120 Å². The van der Waals surface area contributed by atoms with Gasteiger partial charge in [0.1, 0.15) is 6.10 Å². The Morgan fingerprint density at radius 1 is 1.45 bits per heavy atom. The fourth-order valence-electron chi connectivity index (χ4n) is 2.43. The molecule has 2 rings (SSSR count). The van der Waals surface area contributed by atoms with Gasteiger partial charge in [0.05, 0.1) is 19.2 Å². The maximum atomic E-state index is 12.4. The molecule has 1 heterocycles. The smallest absolute Gasteiger partial charge is 0.239 e. The summed E-state index contributed by atoms with van der Waals surface area (Å²) in [5, 5.41) is 0. The first-order valence-electron chi connectivity index (χ1n) is 7.34. The van der Waals surface area contributed by atoms with Gasteiger partial charge in [0.2, 0.25) is 5.91 Å². The van der Waals surface area contributed by atoms with Gasteiger partial charge in [-0.1, -0.05) is 50.6 Å². The predicted octanol–water partition coefficient (Wildman–Crippen LogP) is 1.96. The van der Waals surface area contributed by atoms with Crippen LogP contribution in [0.2, 0.25) is 0 Å². The van der Waals surface area contributed by atoms with Crippen molar-refractivity contribution in [2.24, 2.45) is 11.7 Å². The van der Waals surface area contributed by atoms with E-state index >= 15 is 0 Å².